The number of hydrogen-bond donors (Lipinski definition) is 2. The first-order valence-corrected chi connectivity index (χ1v) is 8.77. The van der Waals surface area contributed by atoms with E-state index in [1.54, 1.807) is 38.2 Å². The highest BCUT2D eigenvalue weighted by atomic mass is 16.6. The maximum Gasteiger partial charge on any atom is 0.269 e. The van der Waals surface area contributed by atoms with Crippen molar-refractivity contribution < 1.29 is 9.72 Å². The maximum absolute atomic E-state index is 12.6. The first-order valence-electron chi connectivity index (χ1n) is 8.77. The molecule has 26 heavy (non-hydrogen) atoms. The SMILES string of the molecule is CN=C(NCc1ccc([N+](=O)[O-])cc1)NCC1(C(=O)N(C)C)CCCC1. The molecule has 1 aliphatic rings. The summed E-state index contributed by atoms with van der Waals surface area (Å²) in [5.74, 6) is 0.773. The molecular weight excluding hydrogens is 334 g/mol. The molecule has 142 valence electrons. The third-order valence-corrected chi connectivity index (χ3v) is 4.85. The van der Waals surface area contributed by atoms with Gasteiger partial charge in [-0.2, -0.15) is 0 Å². The van der Waals surface area contributed by atoms with E-state index < -0.39 is 4.92 Å². The van der Waals surface area contributed by atoms with E-state index in [-0.39, 0.29) is 17.0 Å². The third-order valence-electron chi connectivity index (χ3n) is 4.85. The number of nitrogens with one attached hydrogen (secondary N) is 2. The summed E-state index contributed by atoms with van der Waals surface area (Å²) >= 11 is 0. The van der Waals surface area contributed by atoms with Gasteiger partial charge in [-0.1, -0.05) is 25.0 Å². The molecule has 1 fully saturated rings. The van der Waals surface area contributed by atoms with Gasteiger partial charge < -0.3 is 15.5 Å². The molecule has 0 aliphatic heterocycles. The minimum atomic E-state index is -0.416. The van der Waals surface area contributed by atoms with Gasteiger partial charge in [-0.3, -0.25) is 19.9 Å². The van der Waals surface area contributed by atoms with Gasteiger partial charge in [0.25, 0.3) is 5.69 Å². The van der Waals surface area contributed by atoms with E-state index >= 15 is 0 Å². The lowest BCUT2D eigenvalue weighted by atomic mass is 9.84. The summed E-state index contributed by atoms with van der Waals surface area (Å²) in [7, 11) is 5.27. The van der Waals surface area contributed by atoms with Crippen molar-refractivity contribution in [3.63, 3.8) is 0 Å². The Morgan fingerprint density at radius 2 is 1.85 bits per heavy atom. The average Bonchev–Trinajstić information content (AvgIpc) is 3.11. The molecule has 1 aliphatic carbocycles. The van der Waals surface area contributed by atoms with Crippen LogP contribution >= 0.6 is 0 Å². The molecule has 0 aromatic heterocycles. The highest BCUT2D eigenvalue weighted by Crippen LogP contribution is 2.38. The van der Waals surface area contributed by atoms with Crippen molar-refractivity contribution in [1.29, 1.82) is 0 Å². The molecule has 8 heteroatoms. The van der Waals surface area contributed by atoms with E-state index in [1.807, 2.05) is 0 Å². The van der Waals surface area contributed by atoms with E-state index in [0.29, 0.717) is 19.0 Å². The van der Waals surface area contributed by atoms with Gasteiger partial charge in [-0.25, -0.2) is 0 Å². The van der Waals surface area contributed by atoms with Gasteiger partial charge in [-0.05, 0) is 18.4 Å². The highest BCUT2D eigenvalue weighted by molar-refractivity contribution is 5.85. The number of hydrogen-bond acceptors (Lipinski definition) is 4. The summed E-state index contributed by atoms with van der Waals surface area (Å²) in [4.78, 5) is 28.8. The van der Waals surface area contributed by atoms with Crippen LogP contribution in [0.2, 0.25) is 0 Å². The fourth-order valence-corrected chi connectivity index (χ4v) is 3.39. The summed E-state index contributed by atoms with van der Waals surface area (Å²) in [5.41, 5.74) is 0.620. The predicted molar refractivity (Wildman–Crippen MR) is 101 cm³/mol. The van der Waals surface area contributed by atoms with Crippen molar-refractivity contribution in [1.82, 2.24) is 15.5 Å². The van der Waals surface area contributed by atoms with Crippen LogP contribution in [0, 0.1) is 15.5 Å². The molecule has 1 aromatic rings. The lowest BCUT2D eigenvalue weighted by Gasteiger charge is -2.31. The summed E-state index contributed by atoms with van der Waals surface area (Å²) in [5, 5.41) is 17.2. The van der Waals surface area contributed by atoms with Gasteiger partial charge in [0.05, 0.1) is 10.3 Å². The van der Waals surface area contributed by atoms with Crippen LogP contribution in [0.25, 0.3) is 0 Å². The molecule has 1 aromatic carbocycles. The highest BCUT2D eigenvalue weighted by Gasteiger charge is 2.42. The summed E-state index contributed by atoms with van der Waals surface area (Å²) < 4.78 is 0. The van der Waals surface area contributed by atoms with Crippen molar-refractivity contribution in [3.8, 4) is 0 Å². The van der Waals surface area contributed by atoms with Crippen LogP contribution in [0.15, 0.2) is 29.3 Å². The molecule has 0 radical (unpaired) electrons. The van der Waals surface area contributed by atoms with Gasteiger partial charge in [0, 0.05) is 46.4 Å². The Hall–Kier alpha value is -2.64. The van der Waals surface area contributed by atoms with E-state index in [4.69, 9.17) is 0 Å². The van der Waals surface area contributed by atoms with Crippen molar-refractivity contribution in [2.75, 3.05) is 27.7 Å². The molecule has 2 N–H and O–H groups in total. The number of non-ortho nitro benzene ring substituents is 1. The Balaban J connectivity index is 1.92. The number of amides is 1. The number of guanidine groups is 1. The lowest BCUT2D eigenvalue weighted by Crippen LogP contribution is -2.49. The van der Waals surface area contributed by atoms with E-state index in [0.717, 1.165) is 31.2 Å². The van der Waals surface area contributed by atoms with Crippen molar-refractivity contribution in [3.05, 3.63) is 39.9 Å². The Bertz CT molecular complexity index is 664. The van der Waals surface area contributed by atoms with Crippen molar-refractivity contribution in [2.24, 2.45) is 10.4 Å². The predicted octanol–water partition coefficient (Wildman–Crippen LogP) is 1.91. The number of rotatable bonds is 6. The zero-order valence-electron chi connectivity index (χ0n) is 15.6. The van der Waals surface area contributed by atoms with Crippen LogP contribution in [0.5, 0.6) is 0 Å². The van der Waals surface area contributed by atoms with E-state index in [9.17, 15) is 14.9 Å². The fourth-order valence-electron chi connectivity index (χ4n) is 3.39. The molecular formula is C18H27N5O3. The summed E-state index contributed by atoms with van der Waals surface area (Å²) in [6.45, 7) is 1.04. The molecule has 1 saturated carbocycles. The number of nitrogens with zero attached hydrogens (tertiary/aromatic N) is 3. The minimum absolute atomic E-state index is 0.0710. The number of benzene rings is 1. The van der Waals surface area contributed by atoms with Gasteiger partial charge in [0.15, 0.2) is 5.96 Å². The molecule has 0 spiro atoms. The third kappa shape index (κ3) is 4.71. The van der Waals surface area contributed by atoms with Crippen LogP contribution in [0.4, 0.5) is 5.69 Å². The second kappa shape index (κ2) is 8.64. The van der Waals surface area contributed by atoms with Crippen molar-refractivity contribution >= 4 is 17.6 Å². The largest absolute Gasteiger partial charge is 0.355 e. The van der Waals surface area contributed by atoms with Crippen LogP contribution in [-0.2, 0) is 11.3 Å². The molecule has 1 amide bonds. The quantitative estimate of drug-likeness (QED) is 0.349. The minimum Gasteiger partial charge on any atom is -0.355 e. The van der Waals surface area contributed by atoms with Crippen LogP contribution in [-0.4, -0.2) is 49.4 Å². The maximum atomic E-state index is 12.6. The van der Waals surface area contributed by atoms with Gasteiger partial charge in [0.2, 0.25) is 5.91 Å². The molecule has 8 nitrogen and oxygen atoms in total. The van der Waals surface area contributed by atoms with Crippen LogP contribution in [0.3, 0.4) is 0 Å². The number of carbonyl (C=O) groups excluding carboxylic acids is 1. The number of nitro benzene ring substituents is 1. The molecule has 0 atom stereocenters. The molecule has 0 unspecified atom stereocenters. The Kier molecular flexibility index (Phi) is 6.54. The van der Waals surface area contributed by atoms with Crippen LogP contribution in [0.1, 0.15) is 31.2 Å². The molecule has 0 saturated heterocycles. The Morgan fingerprint density at radius 1 is 1.23 bits per heavy atom. The topological polar surface area (TPSA) is 99.9 Å². The smallest absolute Gasteiger partial charge is 0.269 e. The van der Waals surface area contributed by atoms with Gasteiger partial charge in [0.1, 0.15) is 0 Å². The average molecular weight is 361 g/mol. The van der Waals surface area contributed by atoms with E-state index in [1.165, 1.54) is 12.1 Å². The summed E-state index contributed by atoms with van der Waals surface area (Å²) in [6, 6.07) is 6.39. The first kappa shape index (κ1) is 19.7. The van der Waals surface area contributed by atoms with Gasteiger partial charge in [-0.15, -0.1) is 0 Å². The normalized spacial score (nSPS) is 16.2. The van der Waals surface area contributed by atoms with Gasteiger partial charge >= 0.3 is 0 Å². The van der Waals surface area contributed by atoms with Crippen molar-refractivity contribution in [2.45, 2.75) is 32.2 Å². The second-order valence-electron chi connectivity index (χ2n) is 6.89. The summed E-state index contributed by atoms with van der Waals surface area (Å²) in [6.07, 6.45) is 3.90. The fraction of sp³-hybridized carbons (Fsp3) is 0.556. The Labute approximate surface area is 153 Å². The second-order valence-corrected chi connectivity index (χ2v) is 6.89. The first-order chi connectivity index (χ1) is 12.4. The standard InChI is InChI=1S/C18H27N5O3/c1-19-17(20-12-14-6-8-15(9-7-14)23(25)26)21-13-18(10-4-5-11-18)16(24)22(2)3/h6-9H,4-5,10-13H2,1-3H3,(H2,19,20,21). The monoisotopic (exact) mass is 361 g/mol. The van der Waals surface area contributed by atoms with E-state index in [2.05, 4.69) is 15.6 Å². The Morgan fingerprint density at radius 3 is 2.35 bits per heavy atom. The number of nitro groups is 1. The zero-order valence-corrected chi connectivity index (χ0v) is 15.6. The molecule has 2 rings (SSSR count). The lowest BCUT2D eigenvalue weighted by molar-refractivity contribution is -0.384. The van der Waals surface area contributed by atoms with Crippen LogP contribution < -0.4 is 10.6 Å². The zero-order chi connectivity index (χ0) is 19.2. The molecule has 0 heterocycles. The molecule has 0 bridgehead atoms. The number of carbonyl (C=O) groups is 1. The number of aliphatic imine (C=N–C) groups is 1.